The van der Waals surface area contributed by atoms with Gasteiger partial charge in [0.2, 0.25) is 0 Å². The Kier molecular flexibility index (Phi) is 2.00. The van der Waals surface area contributed by atoms with E-state index in [1.165, 1.54) is 5.56 Å². The quantitative estimate of drug-likeness (QED) is 0.599. The molecular formula is C14H12N2. The van der Waals surface area contributed by atoms with Crippen molar-refractivity contribution < 1.29 is 0 Å². The van der Waals surface area contributed by atoms with E-state index in [2.05, 4.69) is 46.8 Å². The van der Waals surface area contributed by atoms with Crippen LogP contribution in [-0.2, 0) is 0 Å². The summed E-state index contributed by atoms with van der Waals surface area (Å²) < 4.78 is 2.09. The summed E-state index contributed by atoms with van der Waals surface area (Å²) in [5, 5.41) is 0. The smallest absolute Gasteiger partial charge is 0.0868 e. The molecule has 0 aliphatic carbocycles. The number of nitrogens with zero attached hydrogens (tertiary/aromatic N) is 2. The zero-order chi connectivity index (χ0) is 11.0. The first kappa shape index (κ1) is 9.16. The lowest BCUT2D eigenvalue weighted by Crippen LogP contribution is -1.88. The third-order valence-corrected chi connectivity index (χ3v) is 2.76. The average molecular weight is 208 g/mol. The van der Waals surface area contributed by atoms with E-state index >= 15 is 0 Å². The van der Waals surface area contributed by atoms with Crippen LogP contribution < -0.4 is 0 Å². The highest BCUT2D eigenvalue weighted by molar-refractivity contribution is 5.60. The van der Waals surface area contributed by atoms with Crippen molar-refractivity contribution >= 4 is 5.52 Å². The van der Waals surface area contributed by atoms with Gasteiger partial charge in [-0.15, -0.1) is 0 Å². The summed E-state index contributed by atoms with van der Waals surface area (Å²) in [5.41, 5.74) is 4.55. The van der Waals surface area contributed by atoms with E-state index < -0.39 is 0 Å². The second-order valence-electron chi connectivity index (χ2n) is 3.98. The Labute approximate surface area is 94.2 Å². The maximum absolute atomic E-state index is 4.46. The largest absolute Gasteiger partial charge is 0.320 e. The van der Waals surface area contributed by atoms with E-state index in [1.807, 2.05) is 24.5 Å². The SMILES string of the molecule is Cc1ccc(-c2cn3cccc3cn2)cc1. The predicted octanol–water partition coefficient (Wildman–Crippen LogP) is 3.31. The molecule has 2 heteroatoms. The van der Waals surface area contributed by atoms with E-state index in [1.54, 1.807) is 0 Å². The number of hydrogen-bond acceptors (Lipinski definition) is 1. The number of fused-ring (bicyclic) bond motifs is 1. The van der Waals surface area contributed by atoms with Crippen LogP contribution in [0, 0.1) is 6.92 Å². The van der Waals surface area contributed by atoms with Crippen LogP contribution in [0.15, 0.2) is 55.0 Å². The highest BCUT2D eigenvalue weighted by Gasteiger charge is 2.00. The summed E-state index contributed by atoms with van der Waals surface area (Å²) in [5.74, 6) is 0. The van der Waals surface area contributed by atoms with Gasteiger partial charge in [0.1, 0.15) is 0 Å². The van der Waals surface area contributed by atoms with Crippen LogP contribution in [0.5, 0.6) is 0 Å². The van der Waals surface area contributed by atoms with Crippen LogP contribution in [0.4, 0.5) is 0 Å². The molecule has 2 heterocycles. The Morgan fingerprint density at radius 2 is 1.88 bits per heavy atom. The van der Waals surface area contributed by atoms with Crippen molar-refractivity contribution in [3.05, 3.63) is 60.6 Å². The predicted molar refractivity (Wildman–Crippen MR) is 65.4 cm³/mol. The molecule has 0 unspecified atom stereocenters. The van der Waals surface area contributed by atoms with Crippen molar-refractivity contribution in [1.29, 1.82) is 0 Å². The maximum atomic E-state index is 4.46. The van der Waals surface area contributed by atoms with Gasteiger partial charge in [0.15, 0.2) is 0 Å². The molecule has 0 atom stereocenters. The zero-order valence-electron chi connectivity index (χ0n) is 9.09. The van der Waals surface area contributed by atoms with Gasteiger partial charge in [0.25, 0.3) is 0 Å². The van der Waals surface area contributed by atoms with Gasteiger partial charge in [-0.1, -0.05) is 29.8 Å². The van der Waals surface area contributed by atoms with Crippen LogP contribution in [0.25, 0.3) is 16.8 Å². The van der Waals surface area contributed by atoms with E-state index in [0.29, 0.717) is 0 Å². The highest BCUT2D eigenvalue weighted by Crippen LogP contribution is 2.17. The van der Waals surface area contributed by atoms with Gasteiger partial charge in [-0.25, -0.2) is 0 Å². The fourth-order valence-electron chi connectivity index (χ4n) is 1.81. The molecule has 2 nitrogen and oxygen atoms in total. The first-order valence-corrected chi connectivity index (χ1v) is 5.33. The van der Waals surface area contributed by atoms with Crippen molar-refractivity contribution in [3.8, 4) is 11.3 Å². The minimum atomic E-state index is 1.00. The van der Waals surface area contributed by atoms with Crippen molar-refractivity contribution in [2.75, 3.05) is 0 Å². The molecule has 78 valence electrons. The van der Waals surface area contributed by atoms with Gasteiger partial charge in [-0.2, -0.15) is 0 Å². The number of aromatic nitrogens is 2. The normalized spacial score (nSPS) is 10.8. The van der Waals surface area contributed by atoms with E-state index in [9.17, 15) is 0 Å². The summed E-state index contributed by atoms with van der Waals surface area (Å²) in [4.78, 5) is 4.46. The molecule has 0 amide bonds. The summed E-state index contributed by atoms with van der Waals surface area (Å²) in [6, 6.07) is 12.5. The van der Waals surface area contributed by atoms with E-state index in [0.717, 1.165) is 16.8 Å². The molecule has 0 saturated carbocycles. The molecule has 2 aromatic heterocycles. The Hall–Kier alpha value is -2.09. The molecule has 0 N–H and O–H groups in total. The molecule has 0 bridgehead atoms. The Balaban J connectivity index is 2.14. The number of aryl methyl sites for hydroxylation is 1. The molecular weight excluding hydrogens is 196 g/mol. The fraction of sp³-hybridized carbons (Fsp3) is 0.0714. The minimum absolute atomic E-state index is 1.00. The van der Waals surface area contributed by atoms with Crippen molar-refractivity contribution in [2.24, 2.45) is 0 Å². The van der Waals surface area contributed by atoms with E-state index in [4.69, 9.17) is 0 Å². The van der Waals surface area contributed by atoms with Crippen LogP contribution in [0.1, 0.15) is 5.56 Å². The second kappa shape index (κ2) is 3.49. The van der Waals surface area contributed by atoms with Crippen molar-refractivity contribution in [1.82, 2.24) is 9.38 Å². The van der Waals surface area contributed by atoms with Gasteiger partial charge in [0.05, 0.1) is 17.4 Å². The van der Waals surface area contributed by atoms with Gasteiger partial charge >= 0.3 is 0 Å². The van der Waals surface area contributed by atoms with Crippen molar-refractivity contribution in [2.45, 2.75) is 6.92 Å². The van der Waals surface area contributed by atoms with Crippen LogP contribution >= 0.6 is 0 Å². The number of benzene rings is 1. The Bertz CT molecular complexity index is 621. The third kappa shape index (κ3) is 1.48. The van der Waals surface area contributed by atoms with Gasteiger partial charge in [0, 0.05) is 18.0 Å². The lowest BCUT2D eigenvalue weighted by atomic mass is 10.1. The minimum Gasteiger partial charge on any atom is -0.320 e. The first-order chi connectivity index (χ1) is 7.83. The molecule has 16 heavy (non-hydrogen) atoms. The van der Waals surface area contributed by atoms with Gasteiger partial charge < -0.3 is 4.40 Å². The maximum Gasteiger partial charge on any atom is 0.0868 e. The molecule has 0 saturated heterocycles. The topological polar surface area (TPSA) is 17.3 Å². The summed E-state index contributed by atoms with van der Waals surface area (Å²) in [6.07, 6.45) is 5.99. The molecule has 0 spiro atoms. The summed E-state index contributed by atoms with van der Waals surface area (Å²) in [6.45, 7) is 2.09. The molecule has 0 radical (unpaired) electrons. The summed E-state index contributed by atoms with van der Waals surface area (Å²) in [7, 11) is 0. The Morgan fingerprint density at radius 3 is 2.69 bits per heavy atom. The van der Waals surface area contributed by atoms with Crippen molar-refractivity contribution in [3.63, 3.8) is 0 Å². The van der Waals surface area contributed by atoms with E-state index in [-0.39, 0.29) is 0 Å². The average Bonchev–Trinajstić information content (AvgIpc) is 2.77. The lowest BCUT2D eigenvalue weighted by molar-refractivity contribution is 1.14. The molecule has 0 fully saturated rings. The first-order valence-electron chi connectivity index (χ1n) is 5.33. The van der Waals surface area contributed by atoms with Crippen LogP contribution in [0.2, 0.25) is 0 Å². The second-order valence-corrected chi connectivity index (χ2v) is 3.98. The molecule has 1 aromatic carbocycles. The van der Waals surface area contributed by atoms with Crippen LogP contribution in [-0.4, -0.2) is 9.38 Å². The number of rotatable bonds is 1. The highest BCUT2D eigenvalue weighted by atomic mass is 14.9. The number of hydrogen-bond donors (Lipinski definition) is 0. The fourth-order valence-corrected chi connectivity index (χ4v) is 1.81. The lowest BCUT2D eigenvalue weighted by Gasteiger charge is -2.02. The molecule has 3 rings (SSSR count). The van der Waals surface area contributed by atoms with Gasteiger partial charge in [-0.05, 0) is 19.1 Å². The summed E-state index contributed by atoms with van der Waals surface area (Å²) >= 11 is 0. The Morgan fingerprint density at radius 1 is 1.06 bits per heavy atom. The standard InChI is InChI=1S/C14H12N2/c1-11-4-6-12(7-5-11)14-10-16-8-2-3-13(16)9-15-14/h2-10H,1H3. The monoisotopic (exact) mass is 208 g/mol. The van der Waals surface area contributed by atoms with Gasteiger partial charge in [-0.3, -0.25) is 4.98 Å². The molecule has 0 aliphatic rings. The molecule has 3 aromatic rings. The zero-order valence-corrected chi connectivity index (χ0v) is 9.09. The third-order valence-electron chi connectivity index (χ3n) is 2.76. The van der Waals surface area contributed by atoms with Crippen LogP contribution in [0.3, 0.4) is 0 Å². The molecule has 0 aliphatic heterocycles.